The van der Waals surface area contributed by atoms with Crippen molar-refractivity contribution in [3.63, 3.8) is 0 Å². The average Bonchev–Trinajstić information content (AvgIpc) is 3.03. The second kappa shape index (κ2) is 5.78. The molecular formula is C16H11F2N7. The molecule has 7 nitrogen and oxygen atoms in total. The molecule has 0 aliphatic heterocycles. The summed E-state index contributed by atoms with van der Waals surface area (Å²) in [5.74, 6) is -0.955. The fourth-order valence-corrected chi connectivity index (χ4v) is 2.40. The van der Waals surface area contributed by atoms with Gasteiger partial charge in [-0.15, -0.1) is 5.10 Å². The van der Waals surface area contributed by atoms with Gasteiger partial charge in [0.25, 0.3) is 0 Å². The van der Waals surface area contributed by atoms with Crippen LogP contribution >= 0.6 is 0 Å². The Hall–Kier alpha value is -3.62. The molecule has 124 valence electrons. The smallest absolute Gasteiger partial charge is 0.184 e. The van der Waals surface area contributed by atoms with Crippen molar-refractivity contribution in [2.24, 2.45) is 0 Å². The minimum atomic E-state index is -0.759. The summed E-state index contributed by atoms with van der Waals surface area (Å²) in [4.78, 5) is 8.16. The fraction of sp³-hybridized carbons (Fsp3) is 0. The Morgan fingerprint density at radius 2 is 1.88 bits per heavy atom. The third-order valence-corrected chi connectivity index (χ3v) is 3.60. The zero-order valence-corrected chi connectivity index (χ0v) is 12.7. The Morgan fingerprint density at radius 1 is 1.04 bits per heavy atom. The molecule has 25 heavy (non-hydrogen) atoms. The van der Waals surface area contributed by atoms with Crippen molar-refractivity contribution >= 4 is 28.2 Å². The van der Waals surface area contributed by atoms with E-state index < -0.39 is 11.6 Å². The zero-order chi connectivity index (χ0) is 17.4. The number of nitrogens with zero attached hydrogens (tertiary/aromatic N) is 5. The van der Waals surface area contributed by atoms with E-state index in [1.807, 2.05) is 24.3 Å². The van der Waals surface area contributed by atoms with E-state index in [-0.39, 0.29) is 17.2 Å². The Balaban J connectivity index is 1.78. The third kappa shape index (κ3) is 2.61. The van der Waals surface area contributed by atoms with Crippen molar-refractivity contribution in [2.45, 2.75) is 0 Å². The molecule has 0 atom stereocenters. The molecule has 0 spiro atoms. The number of hydrogen-bond donors (Lipinski definition) is 2. The van der Waals surface area contributed by atoms with Crippen LogP contribution in [0.15, 0.2) is 48.8 Å². The first-order chi connectivity index (χ1) is 12.1. The van der Waals surface area contributed by atoms with Gasteiger partial charge in [0.05, 0.1) is 11.2 Å². The molecule has 9 heteroatoms. The molecule has 4 rings (SSSR count). The van der Waals surface area contributed by atoms with Gasteiger partial charge in [-0.25, -0.2) is 18.7 Å². The number of aromatic nitrogens is 5. The van der Waals surface area contributed by atoms with Crippen LogP contribution in [0.1, 0.15) is 0 Å². The standard InChI is InChI=1S/C16H11F2N7/c17-9-5-6-11(10(18)7-9)22-15-14(19)16(21-8-20-15)25-13-4-2-1-3-12(13)23-24-25/h1-8H,19H2,(H,20,21,22). The molecule has 2 aromatic carbocycles. The van der Waals surface area contributed by atoms with E-state index in [0.717, 1.165) is 12.1 Å². The van der Waals surface area contributed by atoms with Crippen LogP contribution in [-0.2, 0) is 0 Å². The van der Waals surface area contributed by atoms with Crippen molar-refractivity contribution in [1.82, 2.24) is 25.0 Å². The maximum Gasteiger partial charge on any atom is 0.184 e. The molecule has 0 fully saturated rings. The molecule has 4 aromatic rings. The number of fused-ring (bicyclic) bond motifs is 1. The van der Waals surface area contributed by atoms with E-state index in [0.29, 0.717) is 16.9 Å². The van der Waals surface area contributed by atoms with Crippen LogP contribution in [0.2, 0.25) is 0 Å². The summed E-state index contributed by atoms with van der Waals surface area (Å²) in [5.41, 5.74) is 7.71. The van der Waals surface area contributed by atoms with Gasteiger partial charge in [0.15, 0.2) is 11.6 Å². The van der Waals surface area contributed by atoms with Gasteiger partial charge in [0.2, 0.25) is 0 Å². The minimum Gasteiger partial charge on any atom is -0.393 e. The van der Waals surface area contributed by atoms with Crippen molar-refractivity contribution in [3.8, 4) is 5.82 Å². The molecule has 0 bridgehead atoms. The van der Waals surface area contributed by atoms with Crippen LogP contribution in [0.4, 0.5) is 26.0 Å². The first-order valence-electron chi connectivity index (χ1n) is 7.27. The van der Waals surface area contributed by atoms with E-state index in [1.54, 1.807) is 0 Å². The molecule has 0 amide bonds. The normalized spacial score (nSPS) is 11.0. The van der Waals surface area contributed by atoms with Crippen LogP contribution in [0.3, 0.4) is 0 Å². The number of nitrogens with one attached hydrogen (secondary N) is 1. The van der Waals surface area contributed by atoms with Gasteiger partial charge in [-0.05, 0) is 24.3 Å². The predicted octanol–water partition coefficient (Wildman–Crippen LogP) is 2.81. The second-order valence-electron chi connectivity index (χ2n) is 5.20. The lowest BCUT2D eigenvalue weighted by Gasteiger charge is -2.11. The maximum atomic E-state index is 13.8. The summed E-state index contributed by atoms with van der Waals surface area (Å²) >= 11 is 0. The number of rotatable bonds is 3. The number of halogens is 2. The molecule has 0 unspecified atom stereocenters. The van der Waals surface area contributed by atoms with Gasteiger partial charge in [0.1, 0.15) is 29.2 Å². The van der Waals surface area contributed by atoms with Gasteiger partial charge in [-0.1, -0.05) is 17.3 Å². The predicted molar refractivity (Wildman–Crippen MR) is 88.5 cm³/mol. The Bertz CT molecular complexity index is 1080. The van der Waals surface area contributed by atoms with Crippen molar-refractivity contribution in [2.75, 3.05) is 11.1 Å². The van der Waals surface area contributed by atoms with Gasteiger partial charge in [-0.2, -0.15) is 4.68 Å². The van der Waals surface area contributed by atoms with Gasteiger partial charge in [-0.3, -0.25) is 0 Å². The Labute approximate surface area is 140 Å². The largest absolute Gasteiger partial charge is 0.393 e. The molecule has 2 heterocycles. The quantitative estimate of drug-likeness (QED) is 0.596. The van der Waals surface area contributed by atoms with E-state index >= 15 is 0 Å². The van der Waals surface area contributed by atoms with Crippen LogP contribution in [0.5, 0.6) is 0 Å². The summed E-state index contributed by atoms with van der Waals surface area (Å²) in [6.07, 6.45) is 1.27. The van der Waals surface area contributed by atoms with Crippen molar-refractivity contribution < 1.29 is 8.78 Å². The highest BCUT2D eigenvalue weighted by Crippen LogP contribution is 2.27. The number of nitrogen functional groups attached to an aromatic ring is 1. The van der Waals surface area contributed by atoms with Crippen molar-refractivity contribution in [3.05, 3.63) is 60.4 Å². The van der Waals surface area contributed by atoms with Crippen LogP contribution < -0.4 is 11.1 Å². The molecular weight excluding hydrogens is 328 g/mol. The summed E-state index contributed by atoms with van der Waals surface area (Å²) < 4.78 is 28.3. The van der Waals surface area contributed by atoms with E-state index in [9.17, 15) is 8.78 Å². The molecule has 0 saturated carbocycles. The summed E-state index contributed by atoms with van der Waals surface area (Å²) in [6, 6.07) is 10.5. The van der Waals surface area contributed by atoms with Gasteiger partial charge < -0.3 is 11.1 Å². The van der Waals surface area contributed by atoms with Crippen LogP contribution in [0.25, 0.3) is 16.9 Å². The zero-order valence-electron chi connectivity index (χ0n) is 12.7. The second-order valence-corrected chi connectivity index (χ2v) is 5.20. The van der Waals surface area contributed by atoms with E-state index in [1.165, 1.54) is 17.1 Å². The monoisotopic (exact) mass is 339 g/mol. The summed E-state index contributed by atoms with van der Waals surface area (Å²) in [7, 11) is 0. The van der Waals surface area contributed by atoms with Crippen LogP contribution in [0, 0.1) is 11.6 Å². The topological polar surface area (TPSA) is 94.5 Å². The molecule has 0 saturated heterocycles. The lowest BCUT2D eigenvalue weighted by Crippen LogP contribution is -2.09. The molecule has 0 aliphatic carbocycles. The number of para-hydroxylation sites is 1. The third-order valence-electron chi connectivity index (χ3n) is 3.60. The molecule has 2 aromatic heterocycles. The lowest BCUT2D eigenvalue weighted by molar-refractivity contribution is 0.586. The number of hydrogen-bond acceptors (Lipinski definition) is 6. The molecule has 3 N–H and O–H groups in total. The highest BCUT2D eigenvalue weighted by Gasteiger charge is 2.15. The lowest BCUT2D eigenvalue weighted by atomic mass is 10.3. The summed E-state index contributed by atoms with van der Waals surface area (Å²) in [6.45, 7) is 0. The Morgan fingerprint density at radius 3 is 2.72 bits per heavy atom. The highest BCUT2D eigenvalue weighted by atomic mass is 19.1. The highest BCUT2D eigenvalue weighted by molar-refractivity contribution is 5.80. The fourth-order valence-electron chi connectivity index (χ4n) is 2.40. The first-order valence-corrected chi connectivity index (χ1v) is 7.27. The Kier molecular flexibility index (Phi) is 3.46. The van der Waals surface area contributed by atoms with Crippen molar-refractivity contribution in [1.29, 1.82) is 0 Å². The van der Waals surface area contributed by atoms with Crippen LogP contribution in [-0.4, -0.2) is 25.0 Å². The number of anilines is 3. The van der Waals surface area contributed by atoms with E-state index in [4.69, 9.17) is 5.73 Å². The van der Waals surface area contributed by atoms with E-state index in [2.05, 4.69) is 25.6 Å². The number of nitrogens with two attached hydrogens (primary N) is 1. The summed E-state index contributed by atoms with van der Waals surface area (Å²) in [5, 5.41) is 10.8. The molecule has 0 radical (unpaired) electrons. The average molecular weight is 339 g/mol. The van der Waals surface area contributed by atoms with Gasteiger partial charge >= 0.3 is 0 Å². The first kappa shape index (κ1) is 14.9. The molecule has 0 aliphatic rings. The SMILES string of the molecule is Nc1c(Nc2ccc(F)cc2F)ncnc1-n1nnc2ccccc21. The van der Waals surface area contributed by atoms with Gasteiger partial charge in [0, 0.05) is 6.07 Å². The minimum absolute atomic E-state index is 0.0428. The maximum absolute atomic E-state index is 13.8. The number of benzene rings is 2.